The van der Waals surface area contributed by atoms with Crippen molar-refractivity contribution in [3.05, 3.63) is 45.1 Å². The zero-order valence-electron chi connectivity index (χ0n) is 14.9. The van der Waals surface area contributed by atoms with Gasteiger partial charge in [-0.3, -0.25) is 18.7 Å². The molecular weight excluding hydrogens is 306 g/mol. The Bertz CT molecular complexity index is 862. The molecule has 1 aromatic heterocycles. The van der Waals surface area contributed by atoms with E-state index in [1.807, 2.05) is 13.8 Å². The lowest BCUT2D eigenvalue weighted by molar-refractivity contribution is -0.124. The van der Waals surface area contributed by atoms with Crippen molar-refractivity contribution in [2.24, 2.45) is 5.92 Å². The summed E-state index contributed by atoms with van der Waals surface area (Å²) in [7, 11) is 0. The molecule has 0 saturated carbocycles. The summed E-state index contributed by atoms with van der Waals surface area (Å²) in [6, 6.07) is 5.92. The van der Waals surface area contributed by atoms with E-state index in [1.54, 1.807) is 45.0 Å². The molecule has 1 heterocycles. The van der Waals surface area contributed by atoms with Crippen molar-refractivity contribution in [2.75, 3.05) is 6.54 Å². The van der Waals surface area contributed by atoms with Gasteiger partial charge in [0, 0.05) is 12.6 Å². The number of carbonyl (C=O) groups excluding carboxylic acids is 1. The molecule has 0 spiro atoms. The van der Waals surface area contributed by atoms with Crippen molar-refractivity contribution < 1.29 is 4.79 Å². The highest BCUT2D eigenvalue weighted by molar-refractivity contribution is 5.84. The molecule has 6 heteroatoms. The maximum atomic E-state index is 12.9. The smallest absolute Gasteiger partial charge is 0.332 e. The van der Waals surface area contributed by atoms with Gasteiger partial charge in [0.25, 0.3) is 5.56 Å². The molecule has 1 amide bonds. The molecule has 0 bridgehead atoms. The SMILES string of the molecule is CC(C)CNC(=O)[C@H](C)n1c(=O)n(C(C)C)c(=O)c2ccccc21. The summed E-state index contributed by atoms with van der Waals surface area (Å²) in [5, 5.41) is 3.29. The van der Waals surface area contributed by atoms with E-state index in [9.17, 15) is 14.4 Å². The number of amides is 1. The molecule has 1 N–H and O–H groups in total. The number of para-hydroxylation sites is 1. The van der Waals surface area contributed by atoms with Crippen LogP contribution in [0.4, 0.5) is 0 Å². The van der Waals surface area contributed by atoms with E-state index in [0.29, 0.717) is 23.4 Å². The van der Waals surface area contributed by atoms with E-state index < -0.39 is 11.7 Å². The Kier molecular flexibility index (Phi) is 5.26. The molecule has 0 aliphatic rings. The highest BCUT2D eigenvalue weighted by Crippen LogP contribution is 2.14. The summed E-state index contributed by atoms with van der Waals surface area (Å²) < 4.78 is 2.61. The molecule has 1 aromatic carbocycles. The van der Waals surface area contributed by atoms with E-state index >= 15 is 0 Å². The predicted octanol–water partition coefficient (Wildman–Crippen LogP) is 2.08. The first-order valence-electron chi connectivity index (χ1n) is 8.29. The van der Waals surface area contributed by atoms with Crippen LogP contribution < -0.4 is 16.6 Å². The van der Waals surface area contributed by atoms with Crippen molar-refractivity contribution in [1.82, 2.24) is 14.5 Å². The summed E-state index contributed by atoms with van der Waals surface area (Å²) in [6.07, 6.45) is 0. The van der Waals surface area contributed by atoms with Gasteiger partial charge in [0.05, 0.1) is 10.9 Å². The molecule has 0 aliphatic heterocycles. The molecule has 1 atom stereocenters. The molecule has 130 valence electrons. The van der Waals surface area contributed by atoms with Gasteiger partial charge in [-0.25, -0.2) is 4.79 Å². The molecule has 2 aromatic rings. The standard InChI is InChI=1S/C18H25N3O3/c1-11(2)10-19-16(22)13(5)21-15-9-7-6-8-14(15)17(23)20(12(3)4)18(21)24/h6-9,11-13H,10H2,1-5H3,(H,19,22)/t13-/m0/s1. The molecule has 0 saturated heterocycles. The van der Waals surface area contributed by atoms with E-state index in [-0.39, 0.29) is 17.5 Å². The van der Waals surface area contributed by atoms with Gasteiger partial charge in [0.2, 0.25) is 5.91 Å². The third kappa shape index (κ3) is 3.27. The second kappa shape index (κ2) is 7.03. The molecule has 24 heavy (non-hydrogen) atoms. The molecular formula is C18H25N3O3. The lowest BCUT2D eigenvalue weighted by Crippen LogP contribution is -2.45. The monoisotopic (exact) mass is 331 g/mol. The van der Waals surface area contributed by atoms with Gasteiger partial charge in [-0.2, -0.15) is 0 Å². The Morgan fingerprint density at radius 2 is 1.67 bits per heavy atom. The van der Waals surface area contributed by atoms with Crippen molar-refractivity contribution in [3.8, 4) is 0 Å². The third-order valence-electron chi connectivity index (χ3n) is 3.99. The average molecular weight is 331 g/mol. The quantitative estimate of drug-likeness (QED) is 0.911. The summed E-state index contributed by atoms with van der Waals surface area (Å²) in [6.45, 7) is 9.80. The fourth-order valence-corrected chi connectivity index (χ4v) is 2.70. The summed E-state index contributed by atoms with van der Waals surface area (Å²) in [5.74, 6) is 0.0872. The van der Waals surface area contributed by atoms with Crippen molar-refractivity contribution in [2.45, 2.75) is 46.7 Å². The van der Waals surface area contributed by atoms with Crippen LogP contribution in [-0.2, 0) is 4.79 Å². The van der Waals surface area contributed by atoms with E-state index in [2.05, 4.69) is 5.32 Å². The van der Waals surface area contributed by atoms with Crippen LogP contribution in [0.1, 0.15) is 46.7 Å². The Morgan fingerprint density at radius 1 is 1.04 bits per heavy atom. The normalized spacial score (nSPS) is 12.8. The number of hydrogen-bond acceptors (Lipinski definition) is 3. The lowest BCUT2D eigenvalue weighted by Gasteiger charge is -2.21. The highest BCUT2D eigenvalue weighted by atomic mass is 16.2. The Labute approximate surface area is 141 Å². The Balaban J connectivity index is 2.67. The van der Waals surface area contributed by atoms with Gasteiger partial charge < -0.3 is 5.32 Å². The van der Waals surface area contributed by atoms with Crippen LogP contribution in [0.5, 0.6) is 0 Å². The van der Waals surface area contributed by atoms with Crippen molar-refractivity contribution in [1.29, 1.82) is 0 Å². The number of rotatable bonds is 5. The first kappa shape index (κ1) is 18.0. The minimum Gasteiger partial charge on any atom is -0.354 e. The topological polar surface area (TPSA) is 73.1 Å². The molecule has 0 fully saturated rings. The number of hydrogen-bond donors (Lipinski definition) is 1. The van der Waals surface area contributed by atoms with Crippen molar-refractivity contribution >= 4 is 16.8 Å². The average Bonchev–Trinajstić information content (AvgIpc) is 2.52. The Hall–Kier alpha value is -2.37. The maximum Gasteiger partial charge on any atom is 0.332 e. The Morgan fingerprint density at radius 3 is 2.25 bits per heavy atom. The first-order valence-corrected chi connectivity index (χ1v) is 8.29. The molecule has 0 aliphatic carbocycles. The number of nitrogens with one attached hydrogen (secondary N) is 1. The fourth-order valence-electron chi connectivity index (χ4n) is 2.70. The van der Waals surface area contributed by atoms with E-state index in [0.717, 1.165) is 0 Å². The van der Waals surface area contributed by atoms with Gasteiger partial charge in [-0.15, -0.1) is 0 Å². The van der Waals surface area contributed by atoms with Crippen molar-refractivity contribution in [3.63, 3.8) is 0 Å². The minimum atomic E-state index is -0.702. The lowest BCUT2D eigenvalue weighted by atomic mass is 10.2. The predicted molar refractivity (Wildman–Crippen MR) is 95.4 cm³/mol. The third-order valence-corrected chi connectivity index (χ3v) is 3.99. The van der Waals surface area contributed by atoms with Gasteiger partial charge in [-0.1, -0.05) is 26.0 Å². The van der Waals surface area contributed by atoms with Crippen LogP contribution in [0.15, 0.2) is 33.9 Å². The number of fused-ring (bicyclic) bond motifs is 1. The zero-order valence-corrected chi connectivity index (χ0v) is 14.9. The molecule has 6 nitrogen and oxygen atoms in total. The minimum absolute atomic E-state index is 0.232. The van der Waals surface area contributed by atoms with E-state index in [4.69, 9.17) is 0 Å². The maximum absolute atomic E-state index is 12.9. The largest absolute Gasteiger partial charge is 0.354 e. The van der Waals surface area contributed by atoms with Gasteiger partial charge in [0.15, 0.2) is 0 Å². The van der Waals surface area contributed by atoms with E-state index in [1.165, 1.54) is 9.13 Å². The van der Waals surface area contributed by atoms with Gasteiger partial charge in [-0.05, 0) is 38.8 Å². The van der Waals surface area contributed by atoms with Crippen LogP contribution in [0.2, 0.25) is 0 Å². The highest BCUT2D eigenvalue weighted by Gasteiger charge is 2.22. The second-order valence-electron chi connectivity index (χ2n) is 6.75. The zero-order chi connectivity index (χ0) is 18.0. The number of benzene rings is 1. The summed E-state index contributed by atoms with van der Waals surface area (Å²) in [5.41, 5.74) is -0.297. The van der Waals surface area contributed by atoms with Crippen LogP contribution >= 0.6 is 0 Å². The number of aromatic nitrogens is 2. The number of carbonyl (C=O) groups is 1. The molecule has 0 unspecified atom stereocenters. The summed E-state index contributed by atoms with van der Waals surface area (Å²) >= 11 is 0. The first-order chi connectivity index (χ1) is 11.3. The van der Waals surface area contributed by atoms with Gasteiger partial charge in [0.1, 0.15) is 6.04 Å². The van der Waals surface area contributed by atoms with Crippen LogP contribution in [0, 0.1) is 5.92 Å². The summed E-state index contributed by atoms with van der Waals surface area (Å²) in [4.78, 5) is 37.9. The van der Waals surface area contributed by atoms with Gasteiger partial charge >= 0.3 is 5.69 Å². The number of nitrogens with zero attached hydrogens (tertiary/aromatic N) is 2. The van der Waals surface area contributed by atoms with Crippen LogP contribution in [0.25, 0.3) is 10.9 Å². The van der Waals surface area contributed by atoms with Crippen LogP contribution in [0.3, 0.4) is 0 Å². The molecule has 0 radical (unpaired) electrons. The fraction of sp³-hybridized carbons (Fsp3) is 0.500. The molecule has 2 rings (SSSR count). The second-order valence-corrected chi connectivity index (χ2v) is 6.75. The van der Waals surface area contributed by atoms with Crippen LogP contribution in [-0.4, -0.2) is 21.6 Å².